The average molecular weight is 174 g/mol. The van der Waals surface area contributed by atoms with E-state index in [2.05, 4.69) is 0 Å². The van der Waals surface area contributed by atoms with Crippen molar-refractivity contribution in [2.24, 2.45) is 0 Å². The minimum Gasteiger partial charge on any atom is -0.477 e. The standard InChI is InChI=1S/C7H8ClNO2/c1-2-5-3-4-6(7(10)11)9(5)8/h3-4H,2H2,1H3,(H,10,11). The highest BCUT2D eigenvalue weighted by molar-refractivity contribution is 6.18. The van der Waals surface area contributed by atoms with Gasteiger partial charge in [0.05, 0.1) is 0 Å². The number of hydrogen-bond acceptors (Lipinski definition) is 1. The Balaban J connectivity index is 3.10. The number of hydrogen-bond donors (Lipinski definition) is 1. The molecule has 4 heteroatoms. The van der Waals surface area contributed by atoms with Crippen molar-refractivity contribution in [1.82, 2.24) is 4.09 Å². The molecule has 0 aromatic carbocycles. The second kappa shape index (κ2) is 2.96. The number of carboxylic acids is 1. The van der Waals surface area contributed by atoms with Gasteiger partial charge in [-0.15, -0.1) is 0 Å². The number of rotatable bonds is 2. The zero-order chi connectivity index (χ0) is 8.43. The number of aromatic nitrogens is 1. The van der Waals surface area contributed by atoms with Gasteiger partial charge in [-0.1, -0.05) is 6.92 Å². The average Bonchev–Trinajstić information content (AvgIpc) is 2.30. The molecule has 0 radical (unpaired) electrons. The fraction of sp³-hybridized carbons (Fsp3) is 0.286. The van der Waals surface area contributed by atoms with E-state index < -0.39 is 5.97 Å². The molecule has 0 aliphatic heterocycles. The lowest BCUT2D eigenvalue weighted by Crippen LogP contribution is -2.02. The monoisotopic (exact) mass is 173 g/mol. The molecular formula is C7H8ClNO2. The van der Waals surface area contributed by atoms with Crippen LogP contribution in [0.15, 0.2) is 12.1 Å². The first kappa shape index (κ1) is 8.14. The second-order valence-corrected chi connectivity index (χ2v) is 2.49. The molecule has 3 nitrogen and oxygen atoms in total. The van der Waals surface area contributed by atoms with Gasteiger partial charge in [-0.05, 0) is 18.6 Å². The molecule has 11 heavy (non-hydrogen) atoms. The summed E-state index contributed by atoms with van der Waals surface area (Å²) in [6, 6.07) is 3.20. The van der Waals surface area contributed by atoms with Crippen molar-refractivity contribution >= 4 is 17.7 Å². The van der Waals surface area contributed by atoms with Gasteiger partial charge in [-0.3, -0.25) is 4.09 Å². The molecule has 0 amide bonds. The predicted octanol–water partition coefficient (Wildman–Crippen LogP) is 1.75. The molecule has 60 valence electrons. The fourth-order valence-corrected chi connectivity index (χ4v) is 1.18. The Hall–Kier alpha value is -0.960. The van der Waals surface area contributed by atoms with Crippen molar-refractivity contribution in [2.75, 3.05) is 0 Å². The first-order valence-electron chi connectivity index (χ1n) is 3.27. The molecule has 1 aromatic heterocycles. The first-order valence-corrected chi connectivity index (χ1v) is 3.60. The summed E-state index contributed by atoms with van der Waals surface area (Å²) in [5.41, 5.74) is 0.924. The van der Waals surface area contributed by atoms with Gasteiger partial charge < -0.3 is 5.11 Å². The lowest BCUT2D eigenvalue weighted by molar-refractivity contribution is 0.0689. The number of halogens is 1. The summed E-state index contributed by atoms with van der Waals surface area (Å²) >= 11 is 5.66. The third-order valence-electron chi connectivity index (χ3n) is 1.48. The molecule has 0 unspecified atom stereocenters. The molecule has 1 heterocycles. The van der Waals surface area contributed by atoms with Crippen molar-refractivity contribution in [3.05, 3.63) is 23.5 Å². The van der Waals surface area contributed by atoms with E-state index in [1.165, 1.54) is 10.2 Å². The van der Waals surface area contributed by atoms with Crippen LogP contribution < -0.4 is 0 Å². The quantitative estimate of drug-likeness (QED) is 0.741. The highest BCUT2D eigenvalue weighted by atomic mass is 35.5. The molecular weight excluding hydrogens is 166 g/mol. The van der Waals surface area contributed by atoms with E-state index in [1.807, 2.05) is 6.92 Å². The van der Waals surface area contributed by atoms with Gasteiger partial charge in [-0.25, -0.2) is 4.79 Å². The Bertz CT molecular complexity index is 280. The van der Waals surface area contributed by atoms with Crippen LogP contribution in [0.4, 0.5) is 0 Å². The second-order valence-electron chi connectivity index (χ2n) is 2.15. The van der Waals surface area contributed by atoms with E-state index in [0.717, 1.165) is 12.1 Å². The van der Waals surface area contributed by atoms with E-state index in [0.29, 0.717) is 0 Å². The normalized spacial score (nSPS) is 10.0. The first-order chi connectivity index (χ1) is 5.16. The lowest BCUT2D eigenvalue weighted by Gasteiger charge is -1.97. The van der Waals surface area contributed by atoms with Crippen molar-refractivity contribution in [2.45, 2.75) is 13.3 Å². The van der Waals surface area contributed by atoms with Crippen LogP contribution in [0.3, 0.4) is 0 Å². The van der Waals surface area contributed by atoms with Gasteiger partial charge in [-0.2, -0.15) is 0 Å². The Morgan fingerprint density at radius 2 is 2.36 bits per heavy atom. The van der Waals surface area contributed by atoms with Crippen molar-refractivity contribution in [1.29, 1.82) is 0 Å². The van der Waals surface area contributed by atoms with Crippen LogP contribution in [0, 0.1) is 0 Å². The Morgan fingerprint density at radius 1 is 1.73 bits per heavy atom. The smallest absolute Gasteiger partial charge is 0.353 e. The summed E-state index contributed by atoms with van der Waals surface area (Å²) < 4.78 is 1.17. The zero-order valence-electron chi connectivity index (χ0n) is 6.04. The molecule has 1 rings (SSSR count). The van der Waals surface area contributed by atoms with E-state index in [9.17, 15) is 4.79 Å². The molecule has 0 saturated heterocycles. The molecule has 1 aromatic rings. The van der Waals surface area contributed by atoms with Crippen LogP contribution in [0.2, 0.25) is 0 Å². The summed E-state index contributed by atoms with van der Waals surface area (Å²) in [4.78, 5) is 10.4. The number of carboxylic acid groups (broad SMARTS) is 1. The molecule has 0 bridgehead atoms. The Morgan fingerprint density at radius 3 is 2.64 bits per heavy atom. The summed E-state index contributed by atoms with van der Waals surface area (Å²) in [7, 11) is 0. The summed E-state index contributed by atoms with van der Waals surface area (Å²) in [6.45, 7) is 1.92. The molecule has 0 atom stereocenters. The summed E-state index contributed by atoms with van der Waals surface area (Å²) in [5.74, 6) is -1.00. The zero-order valence-corrected chi connectivity index (χ0v) is 6.80. The van der Waals surface area contributed by atoms with Crippen molar-refractivity contribution < 1.29 is 9.90 Å². The predicted molar refractivity (Wildman–Crippen MR) is 42.0 cm³/mol. The molecule has 0 fully saturated rings. The molecule has 0 saturated carbocycles. The third kappa shape index (κ3) is 1.38. The van der Waals surface area contributed by atoms with Crippen LogP contribution in [0.25, 0.3) is 0 Å². The molecule has 0 spiro atoms. The lowest BCUT2D eigenvalue weighted by atomic mass is 10.3. The SMILES string of the molecule is CCc1ccc(C(=O)O)n1Cl. The number of aromatic carboxylic acids is 1. The Labute approximate surface area is 69.3 Å². The van der Waals surface area contributed by atoms with Gasteiger partial charge in [0.25, 0.3) is 0 Å². The molecule has 0 aliphatic rings. The van der Waals surface area contributed by atoms with Crippen molar-refractivity contribution in [3.8, 4) is 0 Å². The molecule has 1 N–H and O–H groups in total. The minimum atomic E-state index is -1.00. The van der Waals surface area contributed by atoms with Gasteiger partial charge in [0.2, 0.25) is 0 Å². The Kier molecular flexibility index (Phi) is 2.19. The van der Waals surface area contributed by atoms with Gasteiger partial charge >= 0.3 is 5.97 Å². The maximum Gasteiger partial charge on any atom is 0.353 e. The maximum atomic E-state index is 10.4. The van der Waals surface area contributed by atoms with Crippen LogP contribution in [0.5, 0.6) is 0 Å². The topological polar surface area (TPSA) is 42.2 Å². The number of aryl methyl sites for hydroxylation is 1. The van der Waals surface area contributed by atoms with Crippen molar-refractivity contribution in [3.63, 3.8) is 0 Å². The summed E-state index contributed by atoms with van der Waals surface area (Å²) in [5, 5.41) is 8.57. The van der Waals surface area contributed by atoms with E-state index in [1.54, 1.807) is 6.07 Å². The maximum absolute atomic E-state index is 10.4. The van der Waals surface area contributed by atoms with Crippen LogP contribution in [-0.2, 0) is 6.42 Å². The van der Waals surface area contributed by atoms with E-state index in [4.69, 9.17) is 16.9 Å². The van der Waals surface area contributed by atoms with Crippen LogP contribution in [-0.4, -0.2) is 15.2 Å². The highest BCUT2D eigenvalue weighted by Crippen LogP contribution is 2.11. The van der Waals surface area contributed by atoms with E-state index in [-0.39, 0.29) is 5.69 Å². The van der Waals surface area contributed by atoms with Gasteiger partial charge in [0.15, 0.2) is 0 Å². The van der Waals surface area contributed by atoms with E-state index >= 15 is 0 Å². The minimum absolute atomic E-state index is 0.114. The van der Waals surface area contributed by atoms with Crippen LogP contribution in [0.1, 0.15) is 23.1 Å². The highest BCUT2D eigenvalue weighted by Gasteiger charge is 2.10. The number of nitrogens with zero attached hydrogens (tertiary/aromatic N) is 1. The fourth-order valence-electron chi connectivity index (χ4n) is 0.873. The summed E-state index contributed by atoms with van der Waals surface area (Å²) in [6.07, 6.45) is 0.733. The third-order valence-corrected chi connectivity index (χ3v) is 1.88. The van der Waals surface area contributed by atoms with Gasteiger partial charge in [0, 0.05) is 17.5 Å². The van der Waals surface area contributed by atoms with Crippen LogP contribution >= 0.6 is 11.8 Å². The molecule has 0 aliphatic carbocycles. The largest absolute Gasteiger partial charge is 0.477 e. The number of carbonyl (C=O) groups is 1. The van der Waals surface area contributed by atoms with Gasteiger partial charge in [0.1, 0.15) is 5.69 Å².